The number of hydrogen-bond acceptors (Lipinski definition) is 3. The number of epoxide rings is 1. The molecule has 0 aliphatic carbocycles. The van der Waals surface area contributed by atoms with E-state index >= 15 is 0 Å². The molecule has 0 radical (unpaired) electrons. The van der Waals surface area contributed by atoms with E-state index in [4.69, 9.17) is 9.47 Å². The predicted octanol–water partition coefficient (Wildman–Crippen LogP) is 5.02. The minimum Gasteiger partial charge on any atom is -0.460 e. The molecule has 1 heterocycles. The van der Waals surface area contributed by atoms with Crippen LogP contribution in [0.1, 0.15) is 90.9 Å². The lowest BCUT2D eigenvalue weighted by Gasteiger charge is -2.15. The summed E-state index contributed by atoms with van der Waals surface area (Å²) in [6.07, 6.45) is 15.2. The molecule has 0 aromatic rings. The zero-order valence-corrected chi connectivity index (χ0v) is 14.1. The van der Waals surface area contributed by atoms with Crippen molar-refractivity contribution < 1.29 is 14.3 Å². The lowest BCUT2D eigenvalue weighted by molar-refractivity contribution is -0.151. The maximum Gasteiger partial charge on any atom is 0.337 e. The highest BCUT2D eigenvalue weighted by Crippen LogP contribution is 2.17. The maximum atomic E-state index is 11.5. The van der Waals surface area contributed by atoms with Crippen LogP contribution in [0.2, 0.25) is 0 Å². The lowest BCUT2D eigenvalue weighted by Crippen LogP contribution is -2.21. The summed E-state index contributed by atoms with van der Waals surface area (Å²) in [4.78, 5) is 11.5. The summed E-state index contributed by atoms with van der Waals surface area (Å²) < 4.78 is 10.4. The third-order valence-electron chi connectivity index (χ3n) is 4.21. The molecule has 21 heavy (non-hydrogen) atoms. The second kappa shape index (κ2) is 12.0. The number of hydrogen-bond donors (Lipinski definition) is 0. The Morgan fingerprint density at radius 2 is 1.52 bits per heavy atom. The first-order valence-corrected chi connectivity index (χ1v) is 9.10. The molecule has 2 atom stereocenters. The van der Waals surface area contributed by atoms with E-state index in [9.17, 15) is 4.79 Å². The van der Waals surface area contributed by atoms with Crippen LogP contribution >= 0.6 is 0 Å². The largest absolute Gasteiger partial charge is 0.460 e. The molecule has 0 N–H and O–H groups in total. The molecule has 0 spiro atoms. The Labute approximate surface area is 130 Å². The summed E-state index contributed by atoms with van der Waals surface area (Å²) >= 11 is 0. The van der Waals surface area contributed by atoms with Crippen LogP contribution in [-0.4, -0.2) is 24.8 Å². The summed E-state index contributed by atoms with van der Waals surface area (Å²) in [6, 6.07) is 0. The van der Waals surface area contributed by atoms with Crippen molar-refractivity contribution in [3.05, 3.63) is 0 Å². The standard InChI is InChI=1S/C18H34O3/c1-3-5-6-7-8-9-10-11-12-13-14-16(4-2)21-18(19)17-15-20-17/h16-17H,3-15H2,1-2H3. The normalized spacial score (nSPS) is 18.5. The molecule has 1 aliphatic rings. The molecular weight excluding hydrogens is 264 g/mol. The van der Waals surface area contributed by atoms with Gasteiger partial charge in [-0.1, -0.05) is 71.6 Å². The highest BCUT2D eigenvalue weighted by molar-refractivity contribution is 5.77. The molecule has 0 aromatic carbocycles. The summed E-state index contributed by atoms with van der Waals surface area (Å²) in [5.41, 5.74) is 0. The highest BCUT2D eigenvalue weighted by atomic mass is 16.6. The maximum absolute atomic E-state index is 11.5. The lowest BCUT2D eigenvalue weighted by atomic mass is 10.0. The monoisotopic (exact) mass is 298 g/mol. The van der Waals surface area contributed by atoms with Crippen molar-refractivity contribution in [1.82, 2.24) is 0 Å². The Morgan fingerprint density at radius 3 is 2.00 bits per heavy atom. The van der Waals surface area contributed by atoms with E-state index in [1.54, 1.807) is 0 Å². The highest BCUT2D eigenvalue weighted by Gasteiger charge is 2.34. The molecule has 1 fully saturated rings. The fourth-order valence-corrected chi connectivity index (χ4v) is 2.63. The smallest absolute Gasteiger partial charge is 0.337 e. The number of ether oxygens (including phenoxy) is 2. The number of unbranched alkanes of at least 4 members (excludes halogenated alkanes) is 9. The molecule has 3 nitrogen and oxygen atoms in total. The van der Waals surface area contributed by atoms with E-state index in [1.165, 1.54) is 64.2 Å². The predicted molar refractivity (Wildman–Crippen MR) is 86.4 cm³/mol. The van der Waals surface area contributed by atoms with Gasteiger partial charge in [0, 0.05) is 0 Å². The number of carbonyl (C=O) groups is 1. The first kappa shape index (κ1) is 18.5. The second-order valence-electron chi connectivity index (χ2n) is 6.26. The van der Waals surface area contributed by atoms with Crippen molar-refractivity contribution in [1.29, 1.82) is 0 Å². The van der Waals surface area contributed by atoms with Crippen molar-refractivity contribution >= 4 is 5.97 Å². The second-order valence-corrected chi connectivity index (χ2v) is 6.26. The third kappa shape index (κ3) is 9.89. The van der Waals surface area contributed by atoms with Gasteiger partial charge in [0.2, 0.25) is 0 Å². The number of rotatable bonds is 14. The van der Waals surface area contributed by atoms with Gasteiger partial charge in [-0.2, -0.15) is 0 Å². The molecule has 3 heteroatoms. The van der Waals surface area contributed by atoms with E-state index in [0.29, 0.717) is 6.61 Å². The topological polar surface area (TPSA) is 38.8 Å². The van der Waals surface area contributed by atoms with E-state index in [-0.39, 0.29) is 18.2 Å². The molecule has 2 unspecified atom stereocenters. The Morgan fingerprint density at radius 1 is 1.00 bits per heavy atom. The van der Waals surface area contributed by atoms with Crippen LogP contribution < -0.4 is 0 Å². The van der Waals surface area contributed by atoms with E-state index in [2.05, 4.69) is 13.8 Å². The van der Waals surface area contributed by atoms with Crippen LogP contribution in [0.15, 0.2) is 0 Å². The van der Waals surface area contributed by atoms with Gasteiger partial charge in [-0.3, -0.25) is 0 Å². The summed E-state index contributed by atoms with van der Waals surface area (Å²) in [6.45, 7) is 4.90. The van der Waals surface area contributed by atoms with Crippen LogP contribution in [0.4, 0.5) is 0 Å². The van der Waals surface area contributed by atoms with Crippen molar-refractivity contribution in [2.45, 2.75) is 103 Å². The molecule has 1 saturated heterocycles. The van der Waals surface area contributed by atoms with Gasteiger partial charge in [0.1, 0.15) is 6.10 Å². The van der Waals surface area contributed by atoms with Gasteiger partial charge >= 0.3 is 5.97 Å². The summed E-state index contributed by atoms with van der Waals surface area (Å²) in [5, 5.41) is 0. The fourth-order valence-electron chi connectivity index (χ4n) is 2.63. The van der Waals surface area contributed by atoms with Crippen molar-refractivity contribution in [2.75, 3.05) is 6.61 Å². The Balaban J connectivity index is 1.86. The number of carbonyl (C=O) groups excluding carboxylic acids is 1. The molecule has 0 bridgehead atoms. The van der Waals surface area contributed by atoms with Crippen molar-refractivity contribution in [3.63, 3.8) is 0 Å². The van der Waals surface area contributed by atoms with Crippen LogP contribution in [-0.2, 0) is 14.3 Å². The van der Waals surface area contributed by atoms with E-state index in [0.717, 1.165) is 12.8 Å². The van der Waals surface area contributed by atoms with Gasteiger partial charge in [-0.05, 0) is 19.3 Å². The zero-order chi connectivity index (χ0) is 15.3. The van der Waals surface area contributed by atoms with Gasteiger partial charge in [0.15, 0.2) is 6.10 Å². The SMILES string of the molecule is CCCCCCCCCCCCC(CC)OC(=O)C1CO1. The van der Waals surface area contributed by atoms with Crippen LogP contribution in [0.25, 0.3) is 0 Å². The Bertz CT molecular complexity index is 261. The first-order chi connectivity index (χ1) is 10.3. The van der Waals surface area contributed by atoms with Gasteiger partial charge < -0.3 is 9.47 Å². The molecule has 124 valence electrons. The van der Waals surface area contributed by atoms with E-state index < -0.39 is 0 Å². The van der Waals surface area contributed by atoms with Crippen LogP contribution in [0, 0.1) is 0 Å². The fraction of sp³-hybridized carbons (Fsp3) is 0.944. The summed E-state index contributed by atoms with van der Waals surface area (Å²) in [7, 11) is 0. The molecule has 1 aliphatic heterocycles. The van der Waals surface area contributed by atoms with Crippen LogP contribution in [0.3, 0.4) is 0 Å². The van der Waals surface area contributed by atoms with Gasteiger partial charge in [0.25, 0.3) is 0 Å². The molecular formula is C18H34O3. The Hall–Kier alpha value is -0.570. The van der Waals surface area contributed by atoms with Gasteiger partial charge in [-0.25, -0.2) is 4.79 Å². The quantitative estimate of drug-likeness (QED) is 0.257. The van der Waals surface area contributed by atoms with Crippen molar-refractivity contribution in [2.24, 2.45) is 0 Å². The number of esters is 1. The average Bonchev–Trinajstić information content (AvgIpc) is 3.32. The molecule has 0 amide bonds. The first-order valence-electron chi connectivity index (χ1n) is 9.10. The molecule has 1 rings (SSSR count). The van der Waals surface area contributed by atoms with Crippen molar-refractivity contribution in [3.8, 4) is 0 Å². The van der Waals surface area contributed by atoms with Crippen LogP contribution in [0.5, 0.6) is 0 Å². The molecule has 0 aromatic heterocycles. The average molecular weight is 298 g/mol. The summed E-state index contributed by atoms with van der Waals surface area (Å²) in [5.74, 6) is -0.158. The molecule has 0 saturated carbocycles. The minimum absolute atomic E-state index is 0.0933. The van der Waals surface area contributed by atoms with E-state index in [1.807, 2.05) is 0 Å². The third-order valence-corrected chi connectivity index (χ3v) is 4.21. The Kier molecular flexibility index (Phi) is 10.6. The van der Waals surface area contributed by atoms with Gasteiger partial charge in [-0.15, -0.1) is 0 Å². The zero-order valence-electron chi connectivity index (χ0n) is 14.1. The van der Waals surface area contributed by atoms with Gasteiger partial charge in [0.05, 0.1) is 6.61 Å². The minimum atomic E-state index is -0.258.